The Bertz CT molecular complexity index is 833. The van der Waals surface area contributed by atoms with E-state index in [4.69, 9.17) is 10.0 Å². The highest BCUT2D eigenvalue weighted by molar-refractivity contribution is 5.96. The predicted octanol–water partition coefficient (Wildman–Crippen LogP) is 0.646. The summed E-state index contributed by atoms with van der Waals surface area (Å²) in [6.07, 6.45) is 3.15. The first kappa shape index (κ1) is 26.9. The van der Waals surface area contributed by atoms with Crippen LogP contribution in [0.2, 0.25) is 0 Å². The fourth-order valence-electron chi connectivity index (χ4n) is 2.82. The molecule has 0 unspecified atom stereocenters. The first-order chi connectivity index (χ1) is 15.0. The summed E-state index contributed by atoms with van der Waals surface area (Å²) in [5.74, 6) is -0.965. The topological polar surface area (TPSA) is 189 Å². The van der Waals surface area contributed by atoms with Gasteiger partial charge in [-0.3, -0.25) is 9.63 Å². The van der Waals surface area contributed by atoms with Gasteiger partial charge in [0, 0.05) is 6.54 Å². The largest absolute Gasteiger partial charge is 0.435 e. The van der Waals surface area contributed by atoms with E-state index < -0.39 is 27.9 Å². The molecule has 1 aromatic heterocycles. The van der Waals surface area contributed by atoms with Crippen LogP contribution in [0.5, 0.6) is 0 Å². The molecule has 5 N–H and O–H groups in total. The molecule has 0 fully saturated rings. The number of rotatable bonds is 14. The van der Waals surface area contributed by atoms with E-state index in [1.165, 1.54) is 12.4 Å². The maximum absolute atomic E-state index is 12.1. The van der Waals surface area contributed by atoms with Crippen molar-refractivity contribution in [1.29, 1.82) is 0 Å². The van der Waals surface area contributed by atoms with E-state index in [0.717, 1.165) is 4.57 Å². The molecule has 0 spiro atoms. The van der Waals surface area contributed by atoms with Gasteiger partial charge in [0.05, 0.1) is 35.7 Å². The highest BCUT2D eigenvalue weighted by Crippen LogP contribution is 2.09. The van der Waals surface area contributed by atoms with Gasteiger partial charge in [-0.25, -0.2) is 4.57 Å². The molecular formula is C18H32N8O6. The van der Waals surface area contributed by atoms with Crippen molar-refractivity contribution in [3.63, 3.8) is 0 Å². The highest BCUT2D eigenvalue weighted by Gasteiger charge is 2.28. The van der Waals surface area contributed by atoms with Crippen LogP contribution >= 0.6 is 0 Å². The van der Waals surface area contributed by atoms with E-state index in [9.17, 15) is 20.1 Å². The summed E-state index contributed by atoms with van der Waals surface area (Å²) >= 11 is 0. The van der Waals surface area contributed by atoms with E-state index in [1.54, 1.807) is 13.8 Å². The van der Waals surface area contributed by atoms with Crippen LogP contribution in [0.4, 0.5) is 5.95 Å². The van der Waals surface area contributed by atoms with Crippen LogP contribution in [0, 0.1) is 10.1 Å². The normalized spacial score (nSPS) is 13.3. The Kier molecular flexibility index (Phi) is 10.2. The lowest BCUT2D eigenvalue weighted by molar-refractivity contribution is -0.396. The number of amides is 1. The lowest BCUT2D eigenvalue weighted by Gasteiger charge is -2.28. The molecule has 0 aliphatic rings. The molecule has 180 valence electrons. The van der Waals surface area contributed by atoms with E-state index >= 15 is 0 Å². The lowest BCUT2D eigenvalue weighted by Crippen LogP contribution is -2.52. The Morgan fingerprint density at radius 3 is 2.47 bits per heavy atom. The second-order valence-electron chi connectivity index (χ2n) is 7.96. The molecule has 0 atom stereocenters. The van der Waals surface area contributed by atoms with E-state index in [2.05, 4.69) is 31.4 Å². The maximum atomic E-state index is 12.1. The van der Waals surface area contributed by atoms with E-state index in [-0.39, 0.29) is 25.4 Å². The Balaban J connectivity index is 2.49. The summed E-state index contributed by atoms with van der Waals surface area (Å²) in [6.45, 7) is 9.34. The minimum atomic E-state index is -0.931. The number of oxime groups is 2. The minimum absolute atomic E-state index is 0.112. The van der Waals surface area contributed by atoms with Crippen LogP contribution < -0.4 is 16.1 Å². The number of carbonyl (C=O) groups excluding carboxylic acids is 1. The third-order valence-electron chi connectivity index (χ3n) is 4.74. The number of hydrogen-bond donors (Lipinski definition) is 5. The maximum Gasteiger partial charge on any atom is 0.435 e. The van der Waals surface area contributed by atoms with Crippen molar-refractivity contribution in [2.75, 3.05) is 19.7 Å². The summed E-state index contributed by atoms with van der Waals surface area (Å²) in [6, 6.07) is 0. The third kappa shape index (κ3) is 7.86. The molecule has 32 heavy (non-hydrogen) atoms. The molecule has 0 aliphatic heterocycles. The molecule has 0 saturated heterocycles. The van der Waals surface area contributed by atoms with Crippen molar-refractivity contribution in [2.24, 2.45) is 10.3 Å². The molecule has 1 aromatic rings. The summed E-state index contributed by atoms with van der Waals surface area (Å²) in [5, 5.41) is 41.6. The number of carbonyl (C=O) groups is 1. The molecule has 0 bridgehead atoms. The number of hydrogen-bond acceptors (Lipinski definition) is 11. The molecule has 1 heterocycles. The van der Waals surface area contributed by atoms with Crippen molar-refractivity contribution in [2.45, 2.75) is 58.7 Å². The van der Waals surface area contributed by atoms with Gasteiger partial charge in [-0.2, -0.15) is 5.48 Å². The quantitative estimate of drug-likeness (QED) is 0.0879. The van der Waals surface area contributed by atoms with Gasteiger partial charge in [-0.1, -0.05) is 22.2 Å². The van der Waals surface area contributed by atoms with Crippen LogP contribution in [-0.4, -0.2) is 73.0 Å². The summed E-state index contributed by atoms with van der Waals surface area (Å²) in [5.41, 5.74) is 2.13. The van der Waals surface area contributed by atoms with Gasteiger partial charge in [0.15, 0.2) is 6.54 Å². The molecule has 0 saturated carbocycles. The summed E-state index contributed by atoms with van der Waals surface area (Å²) in [4.78, 5) is 31.3. The average molecular weight is 457 g/mol. The van der Waals surface area contributed by atoms with Gasteiger partial charge in [0.2, 0.25) is 0 Å². The van der Waals surface area contributed by atoms with Crippen molar-refractivity contribution in [1.82, 2.24) is 25.7 Å². The zero-order valence-corrected chi connectivity index (χ0v) is 19.0. The molecule has 1 amide bonds. The molecule has 14 nitrogen and oxygen atoms in total. The molecule has 0 aromatic carbocycles. The fraction of sp³-hybridized carbons (Fsp3) is 0.667. The summed E-state index contributed by atoms with van der Waals surface area (Å²) < 4.78 is 1.09. The first-order valence-electron chi connectivity index (χ1n) is 9.97. The zero-order chi connectivity index (χ0) is 24.4. The monoisotopic (exact) mass is 456 g/mol. The smallest absolute Gasteiger partial charge is 0.411 e. The van der Waals surface area contributed by atoms with Gasteiger partial charge >= 0.3 is 5.95 Å². The van der Waals surface area contributed by atoms with Crippen molar-refractivity contribution < 1.29 is 25.0 Å². The van der Waals surface area contributed by atoms with Crippen LogP contribution in [0.3, 0.4) is 0 Å². The average Bonchev–Trinajstić information content (AvgIpc) is 3.16. The van der Waals surface area contributed by atoms with Crippen molar-refractivity contribution >= 4 is 23.3 Å². The van der Waals surface area contributed by atoms with Crippen LogP contribution in [0.25, 0.3) is 0 Å². The molecular weight excluding hydrogens is 424 g/mol. The van der Waals surface area contributed by atoms with Gasteiger partial charge < -0.3 is 31.2 Å². The predicted molar refractivity (Wildman–Crippen MR) is 116 cm³/mol. The van der Waals surface area contributed by atoms with Crippen molar-refractivity contribution in [3.05, 3.63) is 22.5 Å². The van der Waals surface area contributed by atoms with Gasteiger partial charge in [-0.05, 0) is 39.0 Å². The Labute approximate surface area is 185 Å². The van der Waals surface area contributed by atoms with Crippen molar-refractivity contribution in [3.8, 4) is 0 Å². The first-order valence-corrected chi connectivity index (χ1v) is 9.97. The summed E-state index contributed by atoms with van der Waals surface area (Å²) in [7, 11) is 0. The second kappa shape index (κ2) is 12.1. The van der Waals surface area contributed by atoms with Gasteiger partial charge in [0.25, 0.3) is 5.91 Å². The fourth-order valence-corrected chi connectivity index (χ4v) is 2.82. The SMILES string of the molecule is CCC(=NO)C(C)(C)NCCONC(C)(C)C(CNC(=O)Cn1ccnc1[N+](=O)[O-])=NO. The number of nitrogens with zero attached hydrogens (tertiary/aromatic N) is 5. The number of aromatic nitrogens is 2. The molecule has 0 aliphatic carbocycles. The van der Waals surface area contributed by atoms with Crippen LogP contribution in [0.15, 0.2) is 22.7 Å². The Morgan fingerprint density at radius 2 is 1.91 bits per heavy atom. The zero-order valence-electron chi connectivity index (χ0n) is 19.0. The molecule has 0 radical (unpaired) electrons. The highest BCUT2D eigenvalue weighted by atomic mass is 16.6. The molecule has 1 rings (SSSR count). The molecule has 14 heteroatoms. The third-order valence-corrected chi connectivity index (χ3v) is 4.74. The Hall–Kier alpha value is -3.10. The van der Waals surface area contributed by atoms with Crippen LogP contribution in [0.1, 0.15) is 41.0 Å². The standard InChI is InChI=1S/C18H32N8O6/c1-6-13(22-28)17(2,3)21-8-10-32-24-18(4,5)14(23-29)11-20-15(27)12-25-9-7-19-16(25)26(30)31/h7,9,21,24,28-29H,6,8,10-12H2,1-5H3,(H,20,27). The number of nitrogens with one attached hydrogen (secondary N) is 3. The van der Waals surface area contributed by atoms with Crippen LogP contribution in [-0.2, 0) is 16.2 Å². The van der Waals surface area contributed by atoms with Gasteiger partial charge in [0.1, 0.15) is 12.4 Å². The number of hydroxylamine groups is 1. The minimum Gasteiger partial charge on any atom is -0.411 e. The van der Waals surface area contributed by atoms with Gasteiger partial charge in [-0.15, -0.1) is 0 Å². The Morgan fingerprint density at radius 1 is 1.25 bits per heavy atom. The lowest BCUT2D eigenvalue weighted by atomic mass is 9.96. The number of imidazole rings is 1. The second-order valence-corrected chi connectivity index (χ2v) is 7.96. The number of nitro groups is 1. The van der Waals surface area contributed by atoms with E-state index in [1.807, 2.05) is 20.8 Å². The van der Waals surface area contributed by atoms with E-state index in [0.29, 0.717) is 18.7 Å².